The summed E-state index contributed by atoms with van der Waals surface area (Å²) in [5, 5.41) is 22.0. The highest BCUT2D eigenvalue weighted by Crippen LogP contribution is 2.31. The molecule has 0 aromatic heterocycles. The number of phenolic OH excluding ortho intramolecular Hbond substituents is 1. The Kier molecular flexibility index (Phi) is 4.43. The van der Waals surface area contributed by atoms with Gasteiger partial charge in [0.25, 0.3) is 0 Å². The lowest BCUT2D eigenvalue weighted by Crippen LogP contribution is -2.47. The lowest BCUT2D eigenvalue weighted by Gasteiger charge is -2.37. The number of para-hydroxylation sites is 1. The van der Waals surface area contributed by atoms with E-state index < -0.39 is 0 Å². The Morgan fingerprint density at radius 2 is 2.11 bits per heavy atom. The fourth-order valence-corrected chi connectivity index (χ4v) is 2.60. The van der Waals surface area contributed by atoms with Gasteiger partial charge in [-0.1, -0.05) is 25.1 Å². The van der Waals surface area contributed by atoms with Crippen LogP contribution in [0.15, 0.2) is 24.3 Å². The van der Waals surface area contributed by atoms with Crippen molar-refractivity contribution in [3.8, 4) is 5.75 Å². The van der Waals surface area contributed by atoms with Crippen LogP contribution in [-0.2, 0) is 11.2 Å². The summed E-state index contributed by atoms with van der Waals surface area (Å²) in [5.41, 5.74) is 0.642. The van der Waals surface area contributed by atoms with E-state index in [2.05, 4.69) is 5.32 Å². The van der Waals surface area contributed by atoms with E-state index in [-0.39, 0.29) is 30.2 Å². The van der Waals surface area contributed by atoms with Crippen LogP contribution in [0.2, 0.25) is 0 Å². The molecule has 0 saturated heterocycles. The fraction of sp³-hybridized carbons (Fsp3) is 0.533. The first-order chi connectivity index (χ1) is 9.10. The number of carbonyl (C=O) groups is 1. The van der Waals surface area contributed by atoms with Crippen molar-refractivity contribution in [1.82, 2.24) is 5.32 Å². The van der Waals surface area contributed by atoms with Gasteiger partial charge in [0.2, 0.25) is 5.91 Å². The van der Waals surface area contributed by atoms with E-state index in [9.17, 15) is 15.0 Å². The van der Waals surface area contributed by atoms with Crippen molar-refractivity contribution in [3.63, 3.8) is 0 Å². The van der Waals surface area contributed by atoms with Gasteiger partial charge < -0.3 is 15.5 Å². The van der Waals surface area contributed by atoms with Crippen molar-refractivity contribution in [2.75, 3.05) is 0 Å². The van der Waals surface area contributed by atoms with Gasteiger partial charge in [-0.25, -0.2) is 0 Å². The summed E-state index contributed by atoms with van der Waals surface area (Å²) in [7, 11) is 0. The van der Waals surface area contributed by atoms with Crippen molar-refractivity contribution < 1.29 is 15.0 Å². The third kappa shape index (κ3) is 3.47. The monoisotopic (exact) mass is 263 g/mol. The quantitative estimate of drug-likeness (QED) is 0.755. The van der Waals surface area contributed by atoms with Crippen molar-refractivity contribution in [3.05, 3.63) is 29.8 Å². The van der Waals surface area contributed by atoms with Crippen LogP contribution in [0, 0.1) is 5.92 Å². The summed E-state index contributed by atoms with van der Waals surface area (Å²) in [6, 6.07) is 7.01. The summed E-state index contributed by atoms with van der Waals surface area (Å²) in [5.74, 6) is 0.466. The van der Waals surface area contributed by atoms with Gasteiger partial charge in [-0.2, -0.15) is 0 Å². The van der Waals surface area contributed by atoms with Gasteiger partial charge in [-0.05, 0) is 31.2 Å². The Hall–Kier alpha value is -1.55. The molecular weight excluding hydrogens is 242 g/mol. The number of aliphatic hydroxyl groups excluding tert-OH is 1. The van der Waals surface area contributed by atoms with Crippen LogP contribution in [0.3, 0.4) is 0 Å². The Morgan fingerprint density at radius 1 is 1.42 bits per heavy atom. The molecule has 104 valence electrons. The molecule has 19 heavy (non-hydrogen) atoms. The predicted molar refractivity (Wildman–Crippen MR) is 72.8 cm³/mol. The molecule has 1 aromatic rings. The van der Waals surface area contributed by atoms with Crippen molar-refractivity contribution in [2.45, 2.75) is 44.8 Å². The average molecular weight is 263 g/mol. The maximum atomic E-state index is 12.0. The van der Waals surface area contributed by atoms with Gasteiger partial charge in [-0.3, -0.25) is 4.79 Å². The smallest absolute Gasteiger partial charge is 0.224 e. The van der Waals surface area contributed by atoms with E-state index in [1.54, 1.807) is 18.2 Å². The number of rotatable bonds is 5. The van der Waals surface area contributed by atoms with E-state index in [0.717, 1.165) is 19.3 Å². The van der Waals surface area contributed by atoms with Gasteiger partial charge in [0.15, 0.2) is 0 Å². The number of amides is 1. The number of phenols is 1. The first-order valence-electron chi connectivity index (χ1n) is 6.84. The van der Waals surface area contributed by atoms with Gasteiger partial charge in [0.1, 0.15) is 5.75 Å². The van der Waals surface area contributed by atoms with Crippen LogP contribution >= 0.6 is 0 Å². The Labute approximate surface area is 113 Å². The zero-order chi connectivity index (χ0) is 13.8. The van der Waals surface area contributed by atoms with E-state index in [4.69, 9.17) is 0 Å². The second-order valence-corrected chi connectivity index (χ2v) is 5.27. The third-order valence-corrected chi connectivity index (χ3v) is 3.85. The van der Waals surface area contributed by atoms with Gasteiger partial charge in [0.05, 0.1) is 12.5 Å². The molecule has 2 rings (SSSR count). The lowest BCUT2D eigenvalue weighted by atomic mass is 9.76. The maximum absolute atomic E-state index is 12.0. The minimum absolute atomic E-state index is 0.0743. The molecule has 1 amide bonds. The molecule has 0 aliphatic heterocycles. The molecule has 0 heterocycles. The zero-order valence-electron chi connectivity index (χ0n) is 11.2. The molecule has 0 spiro atoms. The summed E-state index contributed by atoms with van der Waals surface area (Å²) in [6.45, 7) is 2.04. The van der Waals surface area contributed by atoms with Crippen LogP contribution in [0.5, 0.6) is 5.75 Å². The number of nitrogens with one attached hydrogen (secondary N) is 1. The Morgan fingerprint density at radius 3 is 2.68 bits per heavy atom. The highest BCUT2D eigenvalue weighted by Gasteiger charge is 2.33. The molecule has 3 N–H and O–H groups in total. The number of benzene rings is 1. The van der Waals surface area contributed by atoms with Crippen LogP contribution in [0.4, 0.5) is 0 Å². The molecule has 1 aliphatic carbocycles. The summed E-state index contributed by atoms with van der Waals surface area (Å²) in [6.07, 6.45) is 2.40. The highest BCUT2D eigenvalue weighted by molar-refractivity contribution is 5.79. The van der Waals surface area contributed by atoms with Crippen LogP contribution < -0.4 is 5.32 Å². The van der Waals surface area contributed by atoms with E-state index in [1.807, 2.05) is 13.0 Å². The Bertz CT molecular complexity index is 441. The van der Waals surface area contributed by atoms with Gasteiger partial charge in [0, 0.05) is 11.6 Å². The van der Waals surface area contributed by atoms with E-state index >= 15 is 0 Å². The molecule has 1 saturated carbocycles. The molecule has 1 fully saturated rings. The fourth-order valence-electron chi connectivity index (χ4n) is 2.60. The van der Waals surface area contributed by atoms with Crippen molar-refractivity contribution in [1.29, 1.82) is 0 Å². The predicted octanol–water partition coefficient (Wildman–Crippen LogP) is 1.60. The van der Waals surface area contributed by atoms with Crippen LogP contribution in [-0.4, -0.2) is 28.3 Å². The molecule has 0 radical (unpaired) electrons. The SMILES string of the molecule is CCC(NC(=O)Cc1ccccc1O)C1CC(O)C1. The van der Waals surface area contributed by atoms with Gasteiger partial charge >= 0.3 is 0 Å². The van der Waals surface area contributed by atoms with Crippen molar-refractivity contribution >= 4 is 5.91 Å². The van der Waals surface area contributed by atoms with Crippen molar-refractivity contribution in [2.24, 2.45) is 5.92 Å². The molecular formula is C15H21NO3. The third-order valence-electron chi connectivity index (χ3n) is 3.85. The molecule has 4 heteroatoms. The van der Waals surface area contributed by atoms with Gasteiger partial charge in [-0.15, -0.1) is 0 Å². The van der Waals surface area contributed by atoms with E-state index in [0.29, 0.717) is 11.5 Å². The number of aliphatic hydroxyl groups is 1. The zero-order valence-corrected chi connectivity index (χ0v) is 11.2. The summed E-state index contributed by atoms with van der Waals surface area (Å²) < 4.78 is 0. The minimum atomic E-state index is -0.200. The molecule has 4 nitrogen and oxygen atoms in total. The minimum Gasteiger partial charge on any atom is -0.508 e. The van der Waals surface area contributed by atoms with Crippen LogP contribution in [0.1, 0.15) is 31.7 Å². The second kappa shape index (κ2) is 6.06. The topological polar surface area (TPSA) is 69.6 Å². The maximum Gasteiger partial charge on any atom is 0.224 e. The summed E-state index contributed by atoms with van der Waals surface area (Å²) in [4.78, 5) is 12.0. The summed E-state index contributed by atoms with van der Waals surface area (Å²) >= 11 is 0. The molecule has 1 unspecified atom stereocenters. The average Bonchev–Trinajstić information content (AvgIpc) is 2.35. The first-order valence-corrected chi connectivity index (χ1v) is 6.84. The number of carbonyl (C=O) groups excluding carboxylic acids is 1. The largest absolute Gasteiger partial charge is 0.508 e. The Balaban J connectivity index is 1.88. The lowest BCUT2D eigenvalue weighted by molar-refractivity contribution is -0.122. The molecule has 1 aliphatic rings. The number of hydrogen-bond donors (Lipinski definition) is 3. The standard InChI is InChI=1S/C15H21NO3/c1-2-13(11-7-12(17)8-11)16-15(19)9-10-5-3-4-6-14(10)18/h3-6,11-13,17-18H,2,7-9H2,1H3,(H,16,19). The first kappa shape index (κ1) is 13.9. The number of hydrogen-bond acceptors (Lipinski definition) is 3. The molecule has 1 atom stereocenters. The highest BCUT2D eigenvalue weighted by atomic mass is 16.3. The van der Waals surface area contributed by atoms with Crippen LogP contribution in [0.25, 0.3) is 0 Å². The second-order valence-electron chi connectivity index (χ2n) is 5.27. The molecule has 0 bridgehead atoms. The number of aromatic hydroxyl groups is 1. The normalized spacial score (nSPS) is 23.5. The van der Waals surface area contributed by atoms with E-state index in [1.165, 1.54) is 0 Å². The molecule has 1 aromatic carbocycles.